The molecule has 29 heavy (non-hydrogen) atoms. The van der Waals surface area contributed by atoms with Crippen LogP contribution in [0, 0.1) is 11.3 Å². The molecule has 0 fully saturated rings. The number of rotatable bonds is 6. The number of halogens is 1. The lowest BCUT2D eigenvalue weighted by Gasteiger charge is -2.06. The number of nitrogens with zero attached hydrogens (tertiary/aromatic N) is 3. The molecular weight excluding hydrogens is 384 g/mol. The average Bonchev–Trinajstić information content (AvgIpc) is 3.10. The predicted molar refractivity (Wildman–Crippen MR) is 115 cm³/mol. The first-order valence-electron chi connectivity index (χ1n) is 9.26. The van der Waals surface area contributed by atoms with Gasteiger partial charge in [0, 0.05) is 28.4 Å². The summed E-state index contributed by atoms with van der Waals surface area (Å²) in [4.78, 5) is 12.3. The minimum Gasteiger partial charge on any atom is -0.349 e. The summed E-state index contributed by atoms with van der Waals surface area (Å²) >= 11 is 5.96. The first-order chi connectivity index (χ1) is 14.0. The van der Waals surface area contributed by atoms with Crippen LogP contribution in [0.1, 0.15) is 25.0 Å². The molecule has 0 spiro atoms. The molecule has 5 nitrogen and oxygen atoms in total. The predicted octanol–water partition coefficient (Wildman–Crippen LogP) is 4.68. The zero-order chi connectivity index (χ0) is 20.8. The van der Waals surface area contributed by atoms with Crippen LogP contribution in [0.2, 0.25) is 5.02 Å². The topological polar surface area (TPSA) is 70.7 Å². The van der Waals surface area contributed by atoms with E-state index >= 15 is 0 Å². The summed E-state index contributed by atoms with van der Waals surface area (Å²) in [5, 5.41) is 17.6. The van der Waals surface area contributed by atoms with Crippen molar-refractivity contribution in [3.8, 4) is 17.3 Å². The summed E-state index contributed by atoms with van der Waals surface area (Å²) in [6.45, 7) is 4.25. The van der Waals surface area contributed by atoms with Crippen molar-refractivity contribution in [2.45, 2.75) is 26.4 Å². The highest BCUT2D eigenvalue weighted by Gasteiger charge is 2.15. The summed E-state index contributed by atoms with van der Waals surface area (Å²) in [5.41, 5.74) is 3.42. The molecule has 1 aromatic heterocycles. The van der Waals surface area contributed by atoms with Gasteiger partial charge in [-0.2, -0.15) is 10.4 Å². The van der Waals surface area contributed by atoms with Crippen LogP contribution in [-0.2, 0) is 11.3 Å². The first-order valence-corrected chi connectivity index (χ1v) is 9.64. The van der Waals surface area contributed by atoms with Crippen LogP contribution in [0.3, 0.4) is 0 Å². The smallest absolute Gasteiger partial charge is 0.262 e. The maximum atomic E-state index is 12.3. The standard InChI is InChI=1S/C23H21ClN4O/c1-16(2)26-23(29)19(13-25)12-20-15-28(14-17-8-10-21(24)11-9-17)27-22(20)18-6-4-3-5-7-18/h3-12,15-16H,14H2,1-2H3,(H,26,29)/b19-12+. The number of nitrogens with one attached hydrogen (secondary N) is 1. The van der Waals surface area contributed by atoms with E-state index in [0.29, 0.717) is 22.8 Å². The number of nitriles is 1. The monoisotopic (exact) mass is 404 g/mol. The number of amides is 1. The molecule has 0 saturated carbocycles. The number of hydrogen-bond acceptors (Lipinski definition) is 3. The van der Waals surface area contributed by atoms with Gasteiger partial charge in [0.1, 0.15) is 11.6 Å². The Hall–Kier alpha value is -3.36. The van der Waals surface area contributed by atoms with Crippen LogP contribution >= 0.6 is 11.6 Å². The summed E-state index contributed by atoms with van der Waals surface area (Å²) in [7, 11) is 0. The number of carbonyl (C=O) groups excluding carboxylic acids is 1. The van der Waals surface area contributed by atoms with Gasteiger partial charge in [-0.25, -0.2) is 0 Å². The molecule has 6 heteroatoms. The Kier molecular flexibility index (Phi) is 6.48. The summed E-state index contributed by atoms with van der Waals surface area (Å²) in [6.07, 6.45) is 3.43. The lowest BCUT2D eigenvalue weighted by Crippen LogP contribution is -2.30. The van der Waals surface area contributed by atoms with E-state index in [9.17, 15) is 10.1 Å². The van der Waals surface area contributed by atoms with Gasteiger partial charge in [0.05, 0.1) is 12.2 Å². The van der Waals surface area contributed by atoms with Crippen molar-refractivity contribution in [1.29, 1.82) is 5.26 Å². The molecule has 0 unspecified atom stereocenters. The van der Waals surface area contributed by atoms with Crippen molar-refractivity contribution < 1.29 is 4.79 Å². The maximum absolute atomic E-state index is 12.3. The fraction of sp³-hybridized carbons (Fsp3) is 0.174. The van der Waals surface area contributed by atoms with E-state index in [1.165, 1.54) is 0 Å². The molecule has 0 atom stereocenters. The Bertz CT molecular complexity index is 1060. The molecule has 0 saturated heterocycles. The van der Waals surface area contributed by atoms with Gasteiger partial charge in [0.25, 0.3) is 5.91 Å². The number of hydrogen-bond donors (Lipinski definition) is 1. The molecule has 0 aliphatic heterocycles. The van der Waals surface area contributed by atoms with Gasteiger partial charge >= 0.3 is 0 Å². The maximum Gasteiger partial charge on any atom is 0.262 e. The highest BCUT2D eigenvalue weighted by molar-refractivity contribution is 6.30. The number of carbonyl (C=O) groups is 1. The van der Waals surface area contributed by atoms with Crippen molar-refractivity contribution in [3.63, 3.8) is 0 Å². The van der Waals surface area contributed by atoms with Crippen LogP contribution in [0.25, 0.3) is 17.3 Å². The van der Waals surface area contributed by atoms with Crippen molar-refractivity contribution in [3.05, 3.63) is 82.5 Å². The summed E-state index contributed by atoms with van der Waals surface area (Å²) < 4.78 is 1.80. The van der Waals surface area contributed by atoms with Gasteiger partial charge in [-0.1, -0.05) is 54.1 Å². The fourth-order valence-corrected chi connectivity index (χ4v) is 2.99. The molecule has 1 amide bonds. The first kappa shape index (κ1) is 20.4. The zero-order valence-corrected chi connectivity index (χ0v) is 17.0. The Balaban J connectivity index is 2.01. The number of benzene rings is 2. The van der Waals surface area contributed by atoms with E-state index < -0.39 is 5.91 Å². The van der Waals surface area contributed by atoms with Gasteiger partial charge in [-0.15, -0.1) is 0 Å². The van der Waals surface area contributed by atoms with Gasteiger partial charge in [0.15, 0.2) is 0 Å². The molecule has 146 valence electrons. The van der Waals surface area contributed by atoms with Crippen molar-refractivity contribution in [2.75, 3.05) is 0 Å². The highest BCUT2D eigenvalue weighted by atomic mass is 35.5. The molecule has 0 aliphatic rings. The molecule has 3 rings (SSSR count). The summed E-state index contributed by atoms with van der Waals surface area (Å²) in [5.74, 6) is -0.396. The molecule has 0 bridgehead atoms. The van der Waals surface area contributed by atoms with Gasteiger partial charge < -0.3 is 5.32 Å². The quantitative estimate of drug-likeness (QED) is 0.478. The molecule has 1 N–H and O–H groups in total. The molecule has 0 aliphatic carbocycles. The van der Waals surface area contributed by atoms with Crippen LogP contribution in [-0.4, -0.2) is 21.7 Å². The van der Waals surface area contributed by atoms with Crippen LogP contribution in [0.15, 0.2) is 66.4 Å². The lowest BCUT2D eigenvalue weighted by molar-refractivity contribution is -0.117. The van der Waals surface area contributed by atoms with Crippen LogP contribution in [0.4, 0.5) is 0 Å². The van der Waals surface area contributed by atoms with Gasteiger partial charge in [-0.3, -0.25) is 9.48 Å². The average molecular weight is 405 g/mol. The molecule has 2 aromatic carbocycles. The Labute approximate surface area is 175 Å². The SMILES string of the molecule is CC(C)NC(=O)/C(C#N)=C/c1cn(Cc2ccc(Cl)cc2)nc1-c1ccccc1. The van der Waals surface area contributed by atoms with Crippen molar-refractivity contribution in [2.24, 2.45) is 0 Å². The second-order valence-corrected chi connectivity index (χ2v) is 7.36. The van der Waals surface area contributed by atoms with Crippen LogP contribution in [0.5, 0.6) is 0 Å². The third-order valence-electron chi connectivity index (χ3n) is 4.18. The fourth-order valence-electron chi connectivity index (χ4n) is 2.86. The van der Waals surface area contributed by atoms with Crippen molar-refractivity contribution in [1.82, 2.24) is 15.1 Å². The second-order valence-electron chi connectivity index (χ2n) is 6.92. The number of aromatic nitrogens is 2. The van der Waals surface area contributed by atoms with E-state index in [4.69, 9.17) is 16.7 Å². The van der Waals surface area contributed by atoms with E-state index in [2.05, 4.69) is 5.32 Å². The lowest BCUT2D eigenvalue weighted by atomic mass is 10.1. The van der Waals surface area contributed by atoms with E-state index in [0.717, 1.165) is 11.1 Å². The Morgan fingerprint density at radius 1 is 1.21 bits per heavy atom. The molecular formula is C23H21ClN4O. The second kappa shape index (κ2) is 9.22. The minimum atomic E-state index is -0.396. The van der Waals surface area contributed by atoms with Gasteiger partial charge in [-0.05, 0) is 37.6 Å². The molecule has 1 heterocycles. The van der Waals surface area contributed by atoms with Crippen molar-refractivity contribution >= 4 is 23.6 Å². The largest absolute Gasteiger partial charge is 0.349 e. The minimum absolute atomic E-state index is 0.0434. The Morgan fingerprint density at radius 2 is 1.90 bits per heavy atom. The van der Waals surface area contributed by atoms with Crippen LogP contribution < -0.4 is 5.32 Å². The van der Waals surface area contributed by atoms with E-state index in [1.54, 1.807) is 10.8 Å². The van der Waals surface area contributed by atoms with E-state index in [1.807, 2.05) is 80.7 Å². The Morgan fingerprint density at radius 3 is 2.52 bits per heavy atom. The molecule has 0 radical (unpaired) electrons. The highest BCUT2D eigenvalue weighted by Crippen LogP contribution is 2.24. The third kappa shape index (κ3) is 5.34. The normalized spacial score (nSPS) is 11.3. The third-order valence-corrected chi connectivity index (χ3v) is 4.43. The van der Waals surface area contributed by atoms with E-state index in [-0.39, 0.29) is 11.6 Å². The zero-order valence-electron chi connectivity index (χ0n) is 16.3. The van der Waals surface area contributed by atoms with Gasteiger partial charge in [0.2, 0.25) is 0 Å². The summed E-state index contributed by atoms with van der Waals surface area (Å²) in [6, 6.07) is 19.2. The molecule has 3 aromatic rings.